The third-order valence-corrected chi connectivity index (χ3v) is 4.31. The number of aromatic nitrogens is 1. The molecule has 2 rings (SSSR count). The van der Waals surface area contributed by atoms with E-state index in [1.165, 1.54) is 11.3 Å². The largest absolute Gasteiger partial charge is 0.497 e. The van der Waals surface area contributed by atoms with Gasteiger partial charge in [0, 0.05) is 16.9 Å². The highest BCUT2D eigenvalue weighted by atomic mass is 79.9. The van der Waals surface area contributed by atoms with E-state index in [4.69, 9.17) is 15.2 Å². The number of anilines is 1. The standard InChI is InChI=1S/C12H13BrN2O2S/c1-16-8-3-4-9(17-2)7(5-8)6-10-11(13)15-12(14)18-10/h3-5H,6H2,1-2H3,(H2,14,15). The average Bonchev–Trinajstić information content (AvgIpc) is 2.67. The molecule has 0 aliphatic heterocycles. The molecule has 1 aromatic carbocycles. The Morgan fingerprint density at radius 3 is 2.67 bits per heavy atom. The summed E-state index contributed by atoms with van der Waals surface area (Å²) in [6, 6.07) is 5.73. The van der Waals surface area contributed by atoms with Gasteiger partial charge in [0.25, 0.3) is 0 Å². The number of hydrogen-bond acceptors (Lipinski definition) is 5. The quantitative estimate of drug-likeness (QED) is 0.936. The Balaban J connectivity index is 2.35. The van der Waals surface area contributed by atoms with E-state index >= 15 is 0 Å². The molecule has 2 N–H and O–H groups in total. The second-order valence-corrected chi connectivity index (χ2v) is 5.49. The van der Waals surface area contributed by atoms with Crippen molar-refractivity contribution in [1.82, 2.24) is 4.98 Å². The minimum atomic E-state index is 0.554. The van der Waals surface area contributed by atoms with Gasteiger partial charge in [0.2, 0.25) is 0 Å². The van der Waals surface area contributed by atoms with Crippen LogP contribution in [-0.2, 0) is 6.42 Å². The number of thiazole rings is 1. The van der Waals surface area contributed by atoms with E-state index < -0.39 is 0 Å². The zero-order valence-electron chi connectivity index (χ0n) is 10.1. The van der Waals surface area contributed by atoms with Crippen LogP contribution in [0.15, 0.2) is 22.8 Å². The molecule has 0 amide bonds. The van der Waals surface area contributed by atoms with Crippen molar-refractivity contribution in [2.75, 3.05) is 20.0 Å². The van der Waals surface area contributed by atoms with Gasteiger partial charge in [-0.15, -0.1) is 11.3 Å². The lowest BCUT2D eigenvalue weighted by Gasteiger charge is -2.09. The Morgan fingerprint density at radius 2 is 2.11 bits per heavy atom. The van der Waals surface area contributed by atoms with Crippen molar-refractivity contribution in [3.8, 4) is 11.5 Å². The predicted octanol–water partition coefficient (Wildman–Crippen LogP) is 3.10. The molecule has 18 heavy (non-hydrogen) atoms. The number of halogens is 1. The van der Waals surface area contributed by atoms with Crippen LogP contribution in [-0.4, -0.2) is 19.2 Å². The van der Waals surface area contributed by atoms with Crippen LogP contribution in [0.2, 0.25) is 0 Å². The highest BCUT2D eigenvalue weighted by Gasteiger charge is 2.12. The lowest BCUT2D eigenvalue weighted by atomic mass is 10.1. The summed E-state index contributed by atoms with van der Waals surface area (Å²) in [4.78, 5) is 5.21. The smallest absolute Gasteiger partial charge is 0.181 e. The fraction of sp³-hybridized carbons (Fsp3) is 0.250. The third kappa shape index (κ3) is 2.76. The van der Waals surface area contributed by atoms with Crippen LogP contribution in [0.4, 0.5) is 5.13 Å². The molecule has 0 aliphatic carbocycles. The second-order valence-electron chi connectivity index (χ2n) is 3.62. The van der Waals surface area contributed by atoms with E-state index in [0.717, 1.165) is 26.5 Å². The number of methoxy groups -OCH3 is 2. The summed E-state index contributed by atoms with van der Waals surface area (Å²) >= 11 is 4.87. The Bertz CT molecular complexity index is 557. The maximum absolute atomic E-state index is 5.68. The van der Waals surface area contributed by atoms with Crippen LogP contribution in [0, 0.1) is 0 Å². The highest BCUT2D eigenvalue weighted by Crippen LogP contribution is 2.32. The maximum Gasteiger partial charge on any atom is 0.181 e. The Kier molecular flexibility index (Phi) is 4.08. The molecule has 1 aromatic heterocycles. The molecular weight excluding hydrogens is 316 g/mol. The number of ether oxygens (including phenoxy) is 2. The molecule has 1 heterocycles. The van der Waals surface area contributed by atoms with E-state index in [0.29, 0.717) is 11.6 Å². The van der Waals surface area contributed by atoms with Crippen LogP contribution in [0.25, 0.3) is 0 Å². The summed E-state index contributed by atoms with van der Waals surface area (Å²) in [5.41, 5.74) is 6.72. The SMILES string of the molecule is COc1ccc(OC)c(Cc2sc(N)nc2Br)c1. The number of rotatable bonds is 4. The molecule has 0 bridgehead atoms. The van der Waals surface area contributed by atoms with E-state index in [1.807, 2.05) is 18.2 Å². The van der Waals surface area contributed by atoms with Gasteiger partial charge in [-0.1, -0.05) is 0 Å². The number of nitrogens with two attached hydrogens (primary N) is 1. The summed E-state index contributed by atoms with van der Waals surface area (Å²) in [7, 11) is 3.30. The summed E-state index contributed by atoms with van der Waals surface area (Å²) in [6.45, 7) is 0. The monoisotopic (exact) mass is 328 g/mol. The number of nitrogen functional groups attached to an aromatic ring is 1. The Labute approximate surface area is 118 Å². The predicted molar refractivity (Wildman–Crippen MR) is 76.6 cm³/mol. The fourth-order valence-corrected chi connectivity index (χ4v) is 3.09. The molecule has 0 saturated carbocycles. The van der Waals surface area contributed by atoms with Gasteiger partial charge in [-0.3, -0.25) is 0 Å². The maximum atomic E-state index is 5.68. The van der Waals surface area contributed by atoms with Crippen molar-refractivity contribution in [3.05, 3.63) is 33.2 Å². The van der Waals surface area contributed by atoms with E-state index in [9.17, 15) is 0 Å². The zero-order chi connectivity index (χ0) is 13.1. The van der Waals surface area contributed by atoms with Gasteiger partial charge >= 0.3 is 0 Å². The van der Waals surface area contributed by atoms with Crippen molar-refractivity contribution in [2.45, 2.75) is 6.42 Å². The van der Waals surface area contributed by atoms with Gasteiger partial charge in [-0.05, 0) is 34.1 Å². The first-order valence-electron chi connectivity index (χ1n) is 5.25. The van der Waals surface area contributed by atoms with Crippen molar-refractivity contribution in [2.24, 2.45) is 0 Å². The molecule has 4 nitrogen and oxygen atoms in total. The summed E-state index contributed by atoms with van der Waals surface area (Å²) in [5, 5.41) is 0.554. The first-order chi connectivity index (χ1) is 8.63. The fourth-order valence-electron chi connectivity index (χ4n) is 1.65. The average molecular weight is 329 g/mol. The normalized spacial score (nSPS) is 10.4. The molecule has 96 valence electrons. The third-order valence-electron chi connectivity index (χ3n) is 2.50. The molecule has 0 atom stereocenters. The highest BCUT2D eigenvalue weighted by molar-refractivity contribution is 9.10. The molecule has 0 spiro atoms. The van der Waals surface area contributed by atoms with Crippen molar-refractivity contribution in [3.63, 3.8) is 0 Å². The van der Waals surface area contributed by atoms with Crippen LogP contribution in [0.1, 0.15) is 10.4 Å². The van der Waals surface area contributed by atoms with Crippen LogP contribution >= 0.6 is 27.3 Å². The summed E-state index contributed by atoms with van der Waals surface area (Å²) in [6.07, 6.45) is 0.704. The number of benzene rings is 1. The van der Waals surface area contributed by atoms with Crippen LogP contribution in [0.5, 0.6) is 11.5 Å². The lowest BCUT2D eigenvalue weighted by molar-refractivity contribution is 0.399. The molecular formula is C12H13BrN2O2S. The van der Waals surface area contributed by atoms with E-state index in [2.05, 4.69) is 20.9 Å². The van der Waals surface area contributed by atoms with Crippen molar-refractivity contribution < 1.29 is 9.47 Å². The summed E-state index contributed by atoms with van der Waals surface area (Å²) in [5.74, 6) is 1.63. The van der Waals surface area contributed by atoms with E-state index in [-0.39, 0.29) is 0 Å². The zero-order valence-corrected chi connectivity index (χ0v) is 12.5. The number of hydrogen-bond donors (Lipinski definition) is 1. The van der Waals surface area contributed by atoms with Gasteiger partial charge in [-0.25, -0.2) is 4.98 Å². The Morgan fingerprint density at radius 1 is 1.33 bits per heavy atom. The molecule has 2 aromatic rings. The first-order valence-corrected chi connectivity index (χ1v) is 6.86. The van der Waals surface area contributed by atoms with Gasteiger partial charge < -0.3 is 15.2 Å². The molecule has 0 aliphatic rings. The van der Waals surface area contributed by atoms with Gasteiger partial charge in [0.15, 0.2) is 5.13 Å². The van der Waals surface area contributed by atoms with Gasteiger partial charge in [0.1, 0.15) is 16.1 Å². The minimum Gasteiger partial charge on any atom is -0.497 e. The molecule has 0 unspecified atom stereocenters. The van der Waals surface area contributed by atoms with E-state index in [1.54, 1.807) is 14.2 Å². The van der Waals surface area contributed by atoms with Gasteiger partial charge in [0.05, 0.1) is 14.2 Å². The second kappa shape index (κ2) is 5.58. The van der Waals surface area contributed by atoms with Crippen LogP contribution < -0.4 is 15.2 Å². The summed E-state index contributed by atoms with van der Waals surface area (Å²) < 4.78 is 11.4. The minimum absolute atomic E-state index is 0.554. The van der Waals surface area contributed by atoms with Crippen molar-refractivity contribution in [1.29, 1.82) is 0 Å². The lowest BCUT2D eigenvalue weighted by Crippen LogP contribution is -1.94. The Hall–Kier alpha value is -1.27. The topological polar surface area (TPSA) is 57.4 Å². The number of nitrogens with zero attached hydrogens (tertiary/aromatic N) is 1. The van der Waals surface area contributed by atoms with Gasteiger partial charge in [-0.2, -0.15) is 0 Å². The molecule has 6 heteroatoms. The van der Waals surface area contributed by atoms with Crippen LogP contribution in [0.3, 0.4) is 0 Å². The first kappa shape index (κ1) is 13.2. The van der Waals surface area contributed by atoms with Crippen molar-refractivity contribution >= 4 is 32.4 Å². The molecule has 0 saturated heterocycles. The molecule has 0 radical (unpaired) electrons. The molecule has 0 fully saturated rings.